The van der Waals surface area contributed by atoms with Gasteiger partial charge >= 0.3 is 0 Å². The molecule has 1 aromatic carbocycles. The molecule has 1 aliphatic heterocycles. The first-order valence-corrected chi connectivity index (χ1v) is 7.84. The van der Waals surface area contributed by atoms with Crippen LogP contribution in [0.2, 0.25) is 0 Å². The molecule has 2 heterocycles. The molecule has 0 spiro atoms. The summed E-state index contributed by atoms with van der Waals surface area (Å²) in [4.78, 5) is 2.49. The molecule has 0 amide bonds. The third kappa shape index (κ3) is 3.56. The summed E-state index contributed by atoms with van der Waals surface area (Å²) in [5.41, 5.74) is 1.90. The maximum absolute atomic E-state index is 8.82. The molecule has 0 unspecified atom stereocenters. The van der Waals surface area contributed by atoms with E-state index >= 15 is 0 Å². The lowest BCUT2D eigenvalue weighted by Crippen LogP contribution is -2.33. The first-order valence-electron chi connectivity index (χ1n) is 7.84. The molecule has 22 heavy (non-hydrogen) atoms. The van der Waals surface area contributed by atoms with Gasteiger partial charge in [-0.15, -0.1) is 0 Å². The smallest absolute Gasteiger partial charge is 0.122 e. The zero-order valence-corrected chi connectivity index (χ0v) is 12.7. The second-order valence-corrected chi connectivity index (χ2v) is 5.71. The minimum Gasteiger partial charge on any atom is -0.468 e. The Morgan fingerprint density at radius 3 is 2.59 bits per heavy atom. The van der Waals surface area contributed by atoms with E-state index in [0.717, 1.165) is 31.9 Å². The lowest BCUT2D eigenvalue weighted by atomic mass is 10.1. The number of furan rings is 1. The Balaban J connectivity index is 1.58. The van der Waals surface area contributed by atoms with E-state index in [1.165, 1.54) is 18.4 Å². The highest BCUT2D eigenvalue weighted by atomic mass is 16.3. The topological polar surface area (TPSA) is 52.2 Å². The molecule has 0 radical (unpaired) electrons. The van der Waals surface area contributed by atoms with E-state index in [2.05, 4.69) is 22.4 Å². The molecule has 0 saturated carbocycles. The predicted molar refractivity (Wildman–Crippen MR) is 85.1 cm³/mol. The zero-order chi connectivity index (χ0) is 15.2. The second-order valence-electron chi connectivity index (χ2n) is 5.71. The van der Waals surface area contributed by atoms with Gasteiger partial charge in [0.15, 0.2) is 0 Å². The van der Waals surface area contributed by atoms with Crippen molar-refractivity contribution in [3.63, 3.8) is 0 Å². The Hall–Kier alpha value is -2.09. The number of nitrogens with zero attached hydrogens (tertiary/aromatic N) is 2. The molecule has 1 N–H and O–H groups in total. The summed E-state index contributed by atoms with van der Waals surface area (Å²) in [5.74, 6) is 1.04. The number of nitrogens with one attached hydrogen (secondary N) is 1. The van der Waals surface area contributed by atoms with Crippen molar-refractivity contribution >= 4 is 0 Å². The van der Waals surface area contributed by atoms with Gasteiger partial charge in [0.25, 0.3) is 0 Å². The van der Waals surface area contributed by atoms with Gasteiger partial charge < -0.3 is 9.73 Å². The summed E-state index contributed by atoms with van der Waals surface area (Å²) in [6.45, 7) is 3.96. The molecule has 0 aliphatic carbocycles. The number of nitriles is 1. The summed E-state index contributed by atoms with van der Waals surface area (Å²) in [7, 11) is 0. The van der Waals surface area contributed by atoms with Crippen LogP contribution in [0.4, 0.5) is 0 Å². The molecule has 1 saturated heterocycles. The van der Waals surface area contributed by atoms with Crippen LogP contribution in [0.25, 0.3) is 0 Å². The van der Waals surface area contributed by atoms with E-state index in [-0.39, 0.29) is 0 Å². The van der Waals surface area contributed by atoms with E-state index in [4.69, 9.17) is 9.68 Å². The number of hydrogen-bond acceptors (Lipinski definition) is 4. The van der Waals surface area contributed by atoms with Crippen molar-refractivity contribution < 1.29 is 4.42 Å². The molecule has 1 aromatic heterocycles. The highest BCUT2D eigenvalue weighted by molar-refractivity contribution is 5.31. The van der Waals surface area contributed by atoms with Crippen molar-refractivity contribution in [2.45, 2.75) is 25.4 Å². The molecular weight excluding hydrogens is 274 g/mol. The summed E-state index contributed by atoms with van der Waals surface area (Å²) in [5, 5.41) is 12.3. The second kappa shape index (κ2) is 7.26. The van der Waals surface area contributed by atoms with Crippen LogP contribution in [-0.4, -0.2) is 24.5 Å². The number of rotatable bonds is 6. The predicted octanol–water partition coefficient (Wildman–Crippen LogP) is 3.08. The van der Waals surface area contributed by atoms with Crippen molar-refractivity contribution in [3.05, 3.63) is 59.5 Å². The van der Waals surface area contributed by atoms with Gasteiger partial charge in [0.1, 0.15) is 5.76 Å². The van der Waals surface area contributed by atoms with Crippen LogP contribution in [-0.2, 0) is 6.54 Å². The largest absolute Gasteiger partial charge is 0.468 e. The number of benzene rings is 1. The first kappa shape index (κ1) is 14.8. The van der Waals surface area contributed by atoms with Crippen LogP contribution in [0.5, 0.6) is 0 Å². The third-order valence-electron chi connectivity index (χ3n) is 4.20. The van der Waals surface area contributed by atoms with Crippen LogP contribution in [0.1, 0.15) is 35.8 Å². The Bertz CT molecular complexity index is 607. The van der Waals surface area contributed by atoms with Crippen LogP contribution < -0.4 is 5.32 Å². The van der Waals surface area contributed by atoms with Crippen LogP contribution >= 0.6 is 0 Å². The highest BCUT2D eigenvalue weighted by Crippen LogP contribution is 2.24. The van der Waals surface area contributed by atoms with Crippen molar-refractivity contribution in [1.29, 1.82) is 5.26 Å². The average molecular weight is 295 g/mol. The average Bonchev–Trinajstić information content (AvgIpc) is 3.26. The molecule has 1 aliphatic rings. The van der Waals surface area contributed by atoms with Gasteiger partial charge in [0.2, 0.25) is 0 Å². The Labute approximate surface area is 131 Å². The van der Waals surface area contributed by atoms with Crippen molar-refractivity contribution in [3.8, 4) is 6.07 Å². The highest BCUT2D eigenvalue weighted by Gasteiger charge is 2.24. The zero-order valence-electron chi connectivity index (χ0n) is 12.7. The molecule has 1 fully saturated rings. The normalized spacial score (nSPS) is 16.5. The Kier molecular flexibility index (Phi) is 4.89. The summed E-state index contributed by atoms with van der Waals surface area (Å²) >= 11 is 0. The van der Waals surface area contributed by atoms with E-state index in [9.17, 15) is 0 Å². The quantitative estimate of drug-likeness (QED) is 0.890. The van der Waals surface area contributed by atoms with E-state index in [1.807, 2.05) is 30.3 Å². The lowest BCUT2D eigenvalue weighted by Gasteiger charge is -2.26. The van der Waals surface area contributed by atoms with Gasteiger partial charge in [0, 0.05) is 13.1 Å². The van der Waals surface area contributed by atoms with Gasteiger partial charge in [-0.05, 0) is 55.8 Å². The van der Waals surface area contributed by atoms with Crippen molar-refractivity contribution in [2.75, 3.05) is 19.6 Å². The van der Waals surface area contributed by atoms with Gasteiger partial charge in [-0.25, -0.2) is 0 Å². The van der Waals surface area contributed by atoms with Crippen LogP contribution in [0, 0.1) is 11.3 Å². The molecule has 2 aromatic rings. The van der Waals surface area contributed by atoms with Crippen LogP contribution in [0.3, 0.4) is 0 Å². The van der Waals surface area contributed by atoms with Gasteiger partial charge in [-0.3, -0.25) is 4.90 Å². The maximum atomic E-state index is 8.82. The number of hydrogen-bond donors (Lipinski definition) is 1. The molecule has 4 nitrogen and oxygen atoms in total. The fraction of sp³-hybridized carbons (Fsp3) is 0.389. The summed E-state index contributed by atoms with van der Waals surface area (Å²) in [6.07, 6.45) is 4.29. The van der Waals surface area contributed by atoms with Gasteiger partial charge in [-0.2, -0.15) is 5.26 Å². The minimum absolute atomic E-state index is 0.302. The summed E-state index contributed by atoms with van der Waals surface area (Å²) in [6, 6.07) is 14.2. The minimum atomic E-state index is 0.302. The number of likely N-dealkylation sites (tertiary alicyclic amines) is 1. The molecular formula is C18H21N3O. The molecule has 3 rings (SSSR count). The van der Waals surface area contributed by atoms with Gasteiger partial charge in [-0.1, -0.05) is 12.1 Å². The van der Waals surface area contributed by atoms with Crippen LogP contribution in [0.15, 0.2) is 47.1 Å². The Morgan fingerprint density at radius 2 is 1.95 bits per heavy atom. The van der Waals surface area contributed by atoms with Crippen molar-refractivity contribution in [2.24, 2.45) is 0 Å². The SMILES string of the molecule is N#Cc1ccc(CNC[C@H](c2ccco2)N2CCCC2)cc1. The van der Waals surface area contributed by atoms with E-state index in [1.54, 1.807) is 6.26 Å². The Morgan fingerprint density at radius 1 is 1.18 bits per heavy atom. The monoisotopic (exact) mass is 295 g/mol. The standard InChI is InChI=1S/C18H21N3O/c19-12-15-5-7-16(8-6-15)13-20-14-17(18-4-3-11-22-18)21-9-1-2-10-21/h3-8,11,17,20H,1-2,9-10,13-14H2/t17-/m1/s1. The summed E-state index contributed by atoms with van der Waals surface area (Å²) < 4.78 is 5.62. The third-order valence-corrected chi connectivity index (χ3v) is 4.20. The van der Waals surface area contributed by atoms with E-state index < -0.39 is 0 Å². The maximum Gasteiger partial charge on any atom is 0.122 e. The fourth-order valence-electron chi connectivity index (χ4n) is 2.99. The van der Waals surface area contributed by atoms with Gasteiger partial charge in [0.05, 0.1) is 23.9 Å². The fourth-order valence-corrected chi connectivity index (χ4v) is 2.99. The molecule has 114 valence electrons. The first-order chi connectivity index (χ1) is 10.9. The lowest BCUT2D eigenvalue weighted by molar-refractivity contribution is 0.209. The van der Waals surface area contributed by atoms with E-state index in [0.29, 0.717) is 11.6 Å². The molecule has 4 heteroatoms. The van der Waals surface area contributed by atoms with Crippen molar-refractivity contribution in [1.82, 2.24) is 10.2 Å². The molecule has 1 atom stereocenters. The molecule has 0 bridgehead atoms.